The van der Waals surface area contributed by atoms with Gasteiger partial charge in [-0.05, 0) is 25.5 Å². The van der Waals surface area contributed by atoms with E-state index < -0.39 is 0 Å². The van der Waals surface area contributed by atoms with Crippen LogP contribution in [0.25, 0.3) is 0 Å². The first-order valence-corrected chi connectivity index (χ1v) is 6.11. The zero-order chi connectivity index (χ0) is 12.8. The van der Waals surface area contributed by atoms with Crippen LogP contribution in [0.3, 0.4) is 0 Å². The van der Waals surface area contributed by atoms with Gasteiger partial charge >= 0.3 is 0 Å². The van der Waals surface area contributed by atoms with Crippen molar-refractivity contribution in [1.82, 2.24) is 0 Å². The van der Waals surface area contributed by atoms with Crippen LogP contribution in [-0.2, 0) is 6.42 Å². The maximum absolute atomic E-state index is 10.2. The van der Waals surface area contributed by atoms with Gasteiger partial charge in [-0.25, -0.2) is 0 Å². The SMILES string of the molecule is COc1cc(O)c2c(c1)CC(C)[N+](C)(C)C2C. The Morgan fingerprint density at radius 2 is 1.94 bits per heavy atom. The Hall–Kier alpha value is -1.22. The van der Waals surface area contributed by atoms with Crippen molar-refractivity contribution in [3.05, 3.63) is 23.3 Å². The van der Waals surface area contributed by atoms with Gasteiger partial charge < -0.3 is 14.3 Å². The maximum Gasteiger partial charge on any atom is 0.128 e. The molecular weight excluding hydrogens is 214 g/mol. The van der Waals surface area contributed by atoms with Crippen LogP contribution >= 0.6 is 0 Å². The zero-order valence-corrected chi connectivity index (χ0v) is 11.3. The van der Waals surface area contributed by atoms with E-state index in [2.05, 4.69) is 34.0 Å². The quantitative estimate of drug-likeness (QED) is 0.759. The smallest absolute Gasteiger partial charge is 0.128 e. The van der Waals surface area contributed by atoms with E-state index in [1.54, 1.807) is 13.2 Å². The van der Waals surface area contributed by atoms with Crippen LogP contribution in [-0.4, -0.2) is 36.8 Å². The van der Waals surface area contributed by atoms with Gasteiger partial charge in [0.05, 0.1) is 32.8 Å². The molecule has 0 spiro atoms. The molecule has 1 aromatic rings. The topological polar surface area (TPSA) is 29.5 Å². The number of quaternary nitrogens is 1. The van der Waals surface area contributed by atoms with E-state index in [0.717, 1.165) is 22.2 Å². The average molecular weight is 236 g/mol. The Balaban J connectivity index is 2.57. The Morgan fingerprint density at radius 3 is 2.53 bits per heavy atom. The van der Waals surface area contributed by atoms with Crippen LogP contribution in [0.1, 0.15) is 31.0 Å². The van der Waals surface area contributed by atoms with Gasteiger partial charge in [-0.3, -0.25) is 0 Å². The minimum Gasteiger partial charge on any atom is -0.507 e. The summed E-state index contributed by atoms with van der Waals surface area (Å²) in [5.74, 6) is 1.11. The number of methoxy groups -OCH3 is 1. The van der Waals surface area contributed by atoms with E-state index >= 15 is 0 Å². The fourth-order valence-corrected chi connectivity index (χ4v) is 2.71. The number of hydrogen-bond acceptors (Lipinski definition) is 2. The lowest BCUT2D eigenvalue weighted by Crippen LogP contribution is -2.52. The van der Waals surface area contributed by atoms with Crippen LogP contribution in [0.5, 0.6) is 11.5 Å². The molecule has 0 saturated carbocycles. The van der Waals surface area contributed by atoms with Gasteiger partial charge in [-0.2, -0.15) is 0 Å². The number of aromatic hydroxyl groups is 1. The summed E-state index contributed by atoms with van der Waals surface area (Å²) in [5, 5.41) is 10.2. The minimum atomic E-state index is 0.305. The fraction of sp³-hybridized carbons (Fsp3) is 0.571. The lowest BCUT2D eigenvalue weighted by molar-refractivity contribution is -0.943. The third-order valence-electron chi connectivity index (χ3n) is 4.52. The highest BCUT2D eigenvalue weighted by Gasteiger charge is 2.39. The largest absolute Gasteiger partial charge is 0.507 e. The summed E-state index contributed by atoms with van der Waals surface area (Å²) in [4.78, 5) is 0. The van der Waals surface area contributed by atoms with Crippen LogP contribution in [0.2, 0.25) is 0 Å². The molecule has 0 fully saturated rings. The number of phenols is 1. The first-order chi connectivity index (χ1) is 7.87. The molecular formula is C14H22NO2+. The normalized spacial score (nSPS) is 26.4. The number of likely N-dealkylation sites (N-methyl/N-ethyl adjacent to an activating group) is 1. The highest BCUT2D eigenvalue weighted by atomic mass is 16.5. The third-order valence-corrected chi connectivity index (χ3v) is 4.52. The Morgan fingerprint density at radius 1 is 1.29 bits per heavy atom. The van der Waals surface area contributed by atoms with Crippen molar-refractivity contribution < 1.29 is 14.3 Å². The summed E-state index contributed by atoms with van der Waals surface area (Å²) < 4.78 is 6.13. The predicted octanol–water partition coefficient (Wildman–Crippen LogP) is 2.48. The van der Waals surface area contributed by atoms with Gasteiger partial charge in [0.2, 0.25) is 0 Å². The zero-order valence-electron chi connectivity index (χ0n) is 11.3. The molecule has 2 atom stereocenters. The van der Waals surface area contributed by atoms with Crippen molar-refractivity contribution in [2.45, 2.75) is 32.4 Å². The number of ether oxygens (including phenoxy) is 1. The van der Waals surface area contributed by atoms with E-state index in [0.29, 0.717) is 17.8 Å². The van der Waals surface area contributed by atoms with Gasteiger partial charge in [-0.1, -0.05) is 0 Å². The number of phenolic OH excluding ortho intramolecular Hbond substituents is 1. The van der Waals surface area contributed by atoms with E-state index in [1.165, 1.54) is 5.56 Å². The van der Waals surface area contributed by atoms with Gasteiger partial charge in [0.1, 0.15) is 17.5 Å². The number of benzene rings is 1. The first kappa shape index (κ1) is 12.2. The number of rotatable bonds is 1. The molecule has 17 heavy (non-hydrogen) atoms. The summed E-state index contributed by atoms with van der Waals surface area (Å²) in [6.45, 7) is 4.44. The van der Waals surface area contributed by atoms with Gasteiger partial charge in [0.25, 0.3) is 0 Å². The van der Waals surface area contributed by atoms with Crippen LogP contribution in [0.4, 0.5) is 0 Å². The van der Waals surface area contributed by atoms with Crippen LogP contribution in [0, 0.1) is 0 Å². The number of fused-ring (bicyclic) bond motifs is 1. The second kappa shape index (κ2) is 3.91. The molecule has 1 N–H and O–H groups in total. The Kier molecular flexibility index (Phi) is 2.82. The highest BCUT2D eigenvalue weighted by Crippen LogP contribution is 2.42. The summed E-state index contributed by atoms with van der Waals surface area (Å²) in [6.07, 6.45) is 0.984. The number of hydrogen-bond donors (Lipinski definition) is 1. The average Bonchev–Trinajstić information content (AvgIpc) is 2.26. The molecule has 0 aliphatic carbocycles. The fourth-order valence-electron chi connectivity index (χ4n) is 2.71. The molecule has 1 aromatic carbocycles. The van der Waals surface area contributed by atoms with E-state index in [9.17, 15) is 5.11 Å². The molecule has 94 valence electrons. The van der Waals surface area contributed by atoms with Crippen LogP contribution < -0.4 is 4.74 Å². The summed E-state index contributed by atoms with van der Waals surface area (Å²) in [6, 6.07) is 4.62. The molecule has 0 aromatic heterocycles. The van der Waals surface area contributed by atoms with Crippen molar-refractivity contribution in [1.29, 1.82) is 0 Å². The molecule has 3 nitrogen and oxygen atoms in total. The van der Waals surface area contributed by atoms with Crippen molar-refractivity contribution in [2.24, 2.45) is 0 Å². The van der Waals surface area contributed by atoms with E-state index in [1.807, 2.05) is 0 Å². The lowest BCUT2D eigenvalue weighted by atomic mass is 9.87. The number of nitrogens with zero attached hydrogens (tertiary/aromatic N) is 1. The standard InChI is InChI=1S/C14H21NO2/c1-9-6-11-7-12(17-5)8-13(16)14(11)10(2)15(9,3)4/h7-10H,6H2,1-5H3/p+1. The lowest BCUT2D eigenvalue weighted by Gasteiger charge is -2.46. The highest BCUT2D eigenvalue weighted by molar-refractivity contribution is 5.48. The second-order valence-electron chi connectivity index (χ2n) is 5.58. The summed E-state index contributed by atoms with van der Waals surface area (Å²) >= 11 is 0. The van der Waals surface area contributed by atoms with Crippen molar-refractivity contribution in [3.8, 4) is 11.5 Å². The van der Waals surface area contributed by atoms with Crippen molar-refractivity contribution >= 4 is 0 Å². The van der Waals surface area contributed by atoms with E-state index in [-0.39, 0.29) is 0 Å². The Bertz CT molecular complexity index is 440. The van der Waals surface area contributed by atoms with Crippen molar-refractivity contribution in [3.63, 3.8) is 0 Å². The third kappa shape index (κ3) is 1.78. The molecule has 1 aliphatic heterocycles. The second-order valence-corrected chi connectivity index (χ2v) is 5.58. The summed E-state index contributed by atoms with van der Waals surface area (Å²) in [5.41, 5.74) is 2.30. The van der Waals surface area contributed by atoms with E-state index in [4.69, 9.17) is 4.74 Å². The van der Waals surface area contributed by atoms with Gasteiger partial charge in [0.15, 0.2) is 0 Å². The predicted molar refractivity (Wildman–Crippen MR) is 68.3 cm³/mol. The molecule has 0 saturated heterocycles. The van der Waals surface area contributed by atoms with Crippen LogP contribution in [0.15, 0.2) is 12.1 Å². The first-order valence-electron chi connectivity index (χ1n) is 6.11. The molecule has 2 unspecified atom stereocenters. The molecule has 0 bridgehead atoms. The molecule has 1 heterocycles. The molecule has 0 radical (unpaired) electrons. The molecule has 0 amide bonds. The molecule has 3 heteroatoms. The van der Waals surface area contributed by atoms with Gasteiger partial charge in [-0.15, -0.1) is 0 Å². The molecule has 1 aliphatic rings. The van der Waals surface area contributed by atoms with Crippen molar-refractivity contribution in [2.75, 3.05) is 21.2 Å². The maximum atomic E-state index is 10.2. The van der Waals surface area contributed by atoms with Gasteiger partial charge in [0, 0.05) is 12.5 Å². The Labute approximate surface area is 103 Å². The summed E-state index contributed by atoms with van der Waals surface area (Å²) in [7, 11) is 6.08. The molecule has 2 rings (SSSR count). The monoisotopic (exact) mass is 236 g/mol. The minimum absolute atomic E-state index is 0.305.